The zero-order chi connectivity index (χ0) is 19.0. The van der Waals surface area contributed by atoms with Gasteiger partial charge in [0, 0.05) is 32.4 Å². The maximum absolute atomic E-state index is 9.45. The maximum atomic E-state index is 9.45. The molecule has 0 spiro atoms. The van der Waals surface area contributed by atoms with Crippen LogP contribution in [0.4, 0.5) is 5.69 Å². The van der Waals surface area contributed by atoms with Crippen molar-refractivity contribution in [2.75, 3.05) is 18.0 Å². The van der Waals surface area contributed by atoms with Gasteiger partial charge in [0.25, 0.3) is 0 Å². The number of piperidine rings is 1. The zero-order valence-corrected chi connectivity index (χ0v) is 16.1. The van der Waals surface area contributed by atoms with E-state index in [1.807, 2.05) is 48.1 Å². The summed E-state index contributed by atoms with van der Waals surface area (Å²) in [5, 5.41) is 9.45. The van der Waals surface area contributed by atoms with E-state index in [1.165, 1.54) is 0 Å². The maximum Gasteiger partial charge on any atom is 0.182 e. The lowest BCUT2D eigenvalue weighted by Gasteiger charge is -2.33. The summed E-state index contributed by atoms with van der Waals surface area (Å²) < 4.78 is 4.72. The molecule has 4 rings (SSSR count). The summed E-state index contributed by atoms with van der Waals surface area (Å²) in [5.74, 6) is 0. The third-order valence-electron chi connectivity index (χ3n) is 5.25. The number of nitriles is 1. The van der Waals surface area contributed by atoms with Gasteiger partial charge in [-0.1, -0.05) is 18.2 Å². The number of hydrogen-bond acceptors (Lipinski definition) is 5. The molecule has 1 aliphatic heterocycles. The lowest BCUT2D eigenvalue weighted by molar-refractivity contribution is 0.506. The number of nitrogens with zero attached hydrogens (tertiary/aromatic N) is 5. The minimum Gasteiger partial charge on any atom is -0.368 e. The third kappa shape index (κ3) is 3.11. The first-order valence-electron chi connectivity index (χ1n) is 9.13. The molecule has 27 heavy (non-hydrogen) atoms. The van der Waals surface area contributed by atoms with E-state index in [9.17, 15) is 5.26 Å². The molecular weight excluding hydrogens is 356 g/mol. The smallest absolute Gasteiger partial charge is 0.182 e. The Morgan fingerprint density at radius 2 is 2.15 bits per heavy atom. The van der Waals surface area contributed by atoms with E-state index in [1.54, 1.807) is 0 Å². The molecule has 0 bridgehead atoms. The van der Waals surface area contributed by atoms with Crippen LogP contribution in [0, 0.1) is 16.1 Å². The zero-order valence-electron chi connectivity index (χ0n) is 15.3. The van der Waals surface area contributed by atoms with E-state index in [-0.39, 0.29) is 6.04 Å². The highest BCUT2D eigenvalue weighted by Crippen LogP contribution is 2.30. The number of anilines is 1. The molecule has 3 aromatic rings. The van der Waals surface area contributed by atoms with Gasteiger partial charge in [0.2, 0.25) is 0 Å². The van der Waals surface area contributed by atoms with Crippen LogP contribution < -0.4 is 10.6 Å². The number of benzene rings is 1. The highest BCUT2D eigenvalue weighted by molar-refractivity contribution is 7.71. The number of aromatic nitrogens is 3. The van der Waals surface area contributed by atoms with E-state index < -0.39 is 0 Å². The molecule has 0 saturated carbocycles. The van der Waals surface area contributed by atoms with Crippen LogP contribution >= 0.6 is 12.2 Å². The third-order valence-corrected chi connectivity index (χ3v) is 5.75. The topological polar surface area (TPSA) is 75.8 Å². The van der Waals surface area contributed by atoms with Gasteiger partial charge in [-0.2, -0.15) is 5.26 Å². The van der Waals surface area contributed by atoms with Gasteiger partial charge in [-0.3, -0.25) is 0 Å². The second-order valence-corrected chi connectivity index (χ2v) is 7.41. The van der Waals surface area contributed by atoms with E-state index in [0.29, 0.717) is 16.9 Å². The first-order chi connectivity index (χ1) is 13.1. The fraction of sp³-hybridized carbons (Fsp3) is 0.350. The Balaban J connectivity index is 1.89. The average Bonchev–Trinajstić information content (AvgIpc) is 2.93. The van der Waals surface area contributed by atoms with Crippen molar-refractivity contribution in [2.24, 2.45) is 12.8 Å². The van der Waals surface area contributed by atoms with Crippen LogP contribution in [0.1, 0.15) is 24.0 Å². The standard InChI is InChI=1S/C20H22N6S/c1-24-19-18(17(8-9-23-19)25-10-4-7-16(22)13-25)26(20(24)27)12-15-6-3-2-5-14(15)11-21/h2-3,5-6,8-9,16H,4,7,10,12-13,22H2,1H3/t16-/m1/s1. The molecule has 2 aromatic heterocycles. The van der Waals surface area contributed by atoms with Gasteiger partial charge in [-0.25, -0.2) is 4.98 Å². The van der Waals surface area contributed by atoms with Crippen molar-refractivity contribution in [1.29, 1.82) is 5.26 Å². The number of imidazole rings is 1. The van der Waals surface area contributed by atoms with Crippen molar-refractivity contribution in [3.63, 3.8) is 0 Å². The summed E-state index contributed by atoms with van der Waals surface area (Å²) in [5.41, 5.74) is 10.8. The normalized spacial score (nSPS) is 17.2. The van der Waals surface area contributed by atoms with Gasteiger partial charge >= 0.3 is 0 Å². The molecular formula is C20H22N6S. The molecule has 1 aliphatic rings. The second kappa shape index (κ2) is 7.14. The fourth-order valence-corrected chi connectivity index (χ4v) is 4.12. The highest BCUT2D eigenvalue weighted by Gasteiger charge is 2.22. The molecule has 1 saturated heterocycles. The lowest BCUT2D eigenvalue weighted by atomic mass is 10.1. The monoisotopic (exact) mass is 378 g/mol. The van der Waals surface area contributed by atoms with Crippen molar-refractivity contribution >= 4 is 29.1 Å². The molecule has 3 heterocycles. The van der Waals surface area contributed by atoms with Crippen LogP contribution in [0.25, 0.3) is 11.2 Å². The van der Waals surface area contributed by atoms with Crippen LogP contribution in [-0.4, -0.2) is 33.2 Å². The summed E-state index contributed by atoms with van der Waals surface area (Å²) in [4.78, 5) is 6.91. The van der Waals surface area contributed by atoms with Crippen LogP contribution in [-0.2, 0) is 13.6 Å². The first kappa shape index (κ1) is 17.7. The van der Waals surface area contributed by atoms with Crippen LogP contribution in [0.3, 0.4) is 0 Å². The Bertz CT molecular complexity index is 1090. The number of pyridine rings is 1. The van der Waals surface area contributed by atoms with Gasteiger partial charge in [-0.15, -0.1) is 0 Å². The molecule has 1 aromatic carbocycles. The summed E-state index contributed by atoms with van der Waals surface area (Å²) in [6, 6.07) is 12.2. The van der Waals surface area contributed by atoms with Crippen molar-refractivity contribution in [3.8, 4) is 6.07 Å². The highest BCUT2D eigenvalue weighted by atomic mass is 32.1. The molecule has 6 nitrogen and oxygen atoms in total. The Morgan fingerprint density at radius 3 is 2.93 bits per heavy atom. The Labute approximate surface area is 163 Å². The molecule has 0 aliphatic carbocycles. The Morgan fingerprint density at radius 1 is 1.33 bits per heavy atom. The summed E-state index contributed by atoms with van der Waals surface area (Å²) in [6.07, 6.45) is 3.97. The first-order valence-corrected chi connectivity index (χ1v) is 9.53. The lowest BCUT2D eigenvalue weighted by Crippen LogP contribution is -2.43. The predicted octanol–water partition coefficient (Wildman–Crippen LogP) is 2.95. The number of rotatable bonds is 3. The molecule has 7 heteroatoms. The molecule has 1 atom stereocenters. The van der Waals surface area contributed by atoms with Gasteiger partial charge in [0.05, 0.1) is 23.9 Å². The quantitative estimate of drug-likeness (QED) is 0.709. The Kier molecular flexibility index (Phi) is 4.68. The van der Waals surface area contributed by atoms with Crippen molar-refractivity contribution in [3.05, 3.63) is 52.4 Å². The van der Waals surface area contributed by atoms with Gasteiger partial charge in [-0.05, 0) is 42.8 Å². The van der Waals surface area contributed by atoms with Crippen molar-refractivity contribution in [1.82, 2.24) is 14.1 Å². The SMILES string of the molecule is Cn1c(=S)n(Cc2ccccc2C#N)c2c(N3CCC[C@@H](N)C3)ccnc21. The molecule has 2 N–H and O–H groups in total. The summed E-state index contributed by atoms with van der Waals surface area (Å²) in [7, 11) is 1.94. The van der Waals surface area contributed by atoms with E-state index >= 15 is 0 Å². The minimum absolute atomic E-state index is 0.182. The number of nitrogens with two attached hydrogens (primary N) is 1. The second-order valence-electron chi connectivity index (χ2n) is 7.05. The van der Waals surface area contributed by atoms with E-state index in [4.69, 9.17) is 18.0 Å². The molecule has 0 radical (unpaired) electrons. The summed E-state index contributed by atoms with van der Waals surface area (Å²) >= 11 is 5.72. The molecule has 0 amide bonds. The minimum atomic E-state index is 0.182. The van der Waals surface area contributed by atoms with Gasteiger partial charge in [0.1, 0.15) is 5.52 Å². The Hall–Kier alpha value is -2.69. The van der Waals surface area contributed by atoms with E-state index in [0.717, 1.165) is 48.3 Å². The van der Waals surface area contributed by atoms with Crippen molar-refractivity contribution in [2.45, 2.75) is 25.4 Å². The number of aryl methyl sites for hydroxylation is 1. The van der Waals surface area contributed by atoms with Gasteiger partial charge < -0.3 is 19.8 Å². The summed E-state index contributed by atoms with van der Waals surface area (Å²) in [6.45, 7) is 2.34. The number of fused-ring (bicyclic) bond motifs is 1. The van der Waals surface area contributed by atoms with Crippen LogP contribution in [0.15, 0.2) is 36.5 Å². The molecule has 138 valence electrons. The number of hydrogen-bond donors (Lipinski definition) is 1. The largest absolute Gasteiger partial charge is 0.368 e. The average molecular weight is 379 g/mol. The molecule has 0 unspecified atom stereocenters. The predicted molar refractivity (Wildman–Crippen MR) is 109 cm³/mol. The van der Waals surface area contributed by atoms with Crippen LogP contribution in [0.2, 0.25) is 0 Å². The van der Waals surface area contributed by atoms with E-state index in [2.05, 4.69) is 20.5 Å². The van der Waals surface area contributed by atoms with Crippen molar-refractivity contribution < 1.29 is 0 Å². The fourth-order valence-electron chi connectivity index (χ4n) is 3.87. The van der Waals surface area contributed by atoms with Gasteiger partial charge in [0.15, 0.2) is 10.4 Å². The molecule has 1 fully saturated rings. The van der Waals surface area contributed by atoms with Crippen LogP contribution in [0.5, 0.6) is 0 Å².